The van der Waals surface area contributed by atoms with Crippen molar-refractivity contribution in [2.45, 2.75) is 33.2 Å². The molecule has 0 radical (unpaired) electrons. The molecule has 0 aliphatic carbocycles. The maximum atomic E-state index is 12.8. The molecule has 0 bridgehead atoms. The van der Waals surface area contributed by atoms with E-state index < -0.39 is 5.97 Å². The average molecular weight is 345 g/mol. The van der Waals surface area contributed by atoms with Crippen LogP contribution < -0.4 is 10.1 Å². The molecule has 0 saturated carbocycles. The second-order valence-electron chi connectivity index (χ2n) is 6.26. The van der Waals surface area contributed by atoms with Gasteiger partial charge in [0.2, 0.25) is 0 Å². The number of aryl methyl sites for hydroxylation is 1. The molecule has 0 fully saturated rings. The fraction of sp³-hybridized carbons (Fsp3) is 0.368. The van der Waals surface area contributed by atoms with Gasteiger partial charge in [-0.2, -0.15) is 0 Å². The van der Waals surface area contributed by atoms with Crippen molar-refractivity contribution >= 4 is 11.9 Å². The predicted molar refractivity (Wildman–Crippen MR) is 92.8 cm³/mol. The highest BCUT2D eigenvalue weighted by Gasteiger charge is 2.25. The molecule has 0 spiro atoms. The van der Waals surface area contributed by atoms with Gasteiger partial charge in [-0.25, -0.2) is 0 Å². The molecule has 6 nitrogen and oxygen atoms in total. The molecule has 1 heterocycles. The molecule has 2 rings (SSSR count). The molecule has 1 aromatic carbocycles. The molecule has 2 N–H and O–H groups in total. The molecule has 2 aromatic rings. The number of aliphatic carboxylic acids is 1. The van der Waals surface area contributed by atoms with E-state index in [-0.39, 0.29) is 30.0 Å². The number of benzene rings is 1. The van der Waals surface area contributed by atoms with Crippen LogP contribution in [0.25, 0.3) is 0 Å². The first-order chi connectivity index (χ1) is 11.8. The number of furan rings is 1. The number of carboxylic acids is 1. The fourth-order valence-electron chi connectivity index (χ4n) is 2.73. The second kappa shape index (κ2) is 7.88. The first-order valence-electron chi connectivity index (χ1n) is 8.07. The van der Waals surface area contributed by atoms with Crippen LogP contribution in [0.3, 0.4) is 0 Å². The van der Waals surface area contributed by atoms with Crippen molar-refractivity contribution in [2.75, 3.05) is 7.11 Å². The number of hydrogen-bond acceptors (Lipinski definition) is 4. The normalized spacial score (nSPS) is 12.0. The zero-order chi connectivity index (χ0) is 18.6. The van der Waals surface area contributed by atoms with E-state index in [0.29, 0.717) is 11.1 Å². The van der Waals surface area contributed by atoms with Crippen molar-refractivity contribution in [3.63, 3.8) is 0 Å². The minimum Gasteiger partial charge on any atom is -0.497 e. The highest BCUT2D eigenvalue weighted by molar-refractivity contribution is 5.97. The van der Waals surface area contributed by atoms with E-state index in [1.54, 1.807) is 14.0 Å². The number of carbonyl (C=O) groups excluding carboxylic acids is 1. The maximum absolute atomic E-state index is 12.8. The van der Waals surface area contributed by atoms with Gasteiger partial charge in [-0.3, -0.25) is 9.59 Å². The van der Waals surface area contributed by atoms with E-state index in [1.165, 1.54) is 6.26 Å². The lowest BCUT2D eigenvalue weighted by molar-refractivity contribution is -0.136. The lowest BCUT2D eigenvalue weighted by atomic mass is 9.95. The lowest BCUT2D eigenvalue weighted by Gasteiger charge is -2.23. The summed E-state index contributed by atoms with van der Waals surface area (Å²) in [7, 11) is 1.60. The number of rotatable bonds is 7. The smallest absolute Gasteiger partial charge is 0.311 e. The van der Waals surface area contributed by atoms with Gasteiger partial charge in [0.05, 0.1) is 25.0 Å². The standard InChI is InChI=1S/C19H23NO5/c1-11(2)18(13-5-7-14(24-4)8-6-13)20-19(23)17-12(3)10-25-15(17)9-16(21)22/h5-8,10-11,18H,9H2,1-4H3,(H,20,23)(H,21,22). The van der Waals surface area contributed by atoms with Gasteiger partial charge in [0.1, 0.15) is 17.9 Å². The Hall–Kier alpha value is -2.76. The molecule has 1 aromatic heterocycles. The number of amides is 1. The number of hydrogen-bond donors (Lipinski definition) is 2. The topological polar surface area (TPSA) is 88.8 Å². The molecule has 0 aliphatic rings. The number of nitrogens with one attached hydrogen (secondary N) is 1. The Kier molecular flexibility index (Phi) is 5.85. The van der Waals surface area contributed by atoms with Gasteiger partial charge in [-0.1, -0.05) is 26.0 Å². The Morgan fingerprint density at radius 3 is 2.40 bits per heavy atom. The minimum absolute atomic E-state index is 0.146. The van der Waals surface area contributed by atoms with E-state index in [2.05, 4.69) is 5.32 Å². The van der Waals surface area contributed by atoms with Gasteiger partial charge < -0.3 is 19.6 Å². The molecule has 134 valence electrons. The molecule has 1 unspecified atom stereocenters. The summed E-state index contributed by atoms with van der Waals surface area (Å²) in [5.74, 6) is -0.324. The van der Waals surface area contributed by atoms with Crippen LogP contribution in [0.1, 0.15) is 47.1 Å². The molecular weight excluding hydrogens is 322 g/mol. The van der Waals surface area contributed by atoms with Crippen molar-refractivity contribution < 1.29 is 23.8 Å². The summed E-state index contributed by atoms with van der Waals surface area (Å²) >= 11 is 0. The summed E-state index contributed by atoms with van der Waals surface area (Å²) in [5.41, 5.74) is 1.86. The van der Waals surface area contributed by atoms with Crippen molar-refractivity contribution in [3.05, 3.63) is 53.0 Å². The number of methoxy groups -OCH3 is 1. The van der Waals surface area contributed by atoms with Gasteiger partial charge in [0, 0.05) is 5.56 Å². The molecular formula is C19H23NO5. The van der Waals surface area contributed by atoms with E-state index in [1.807, 2.05) is 38.1 Å². The molecule has 6 heteroatoms. The van der Waals surface area contributed by atoms with Gasteiger partial charge in [-0.15, -0.1) is 0 Å². The van der Waals surface area contributed by atoms with Crippen molar-refractivity contribution in [3.8, 4) is 5.75 Å². The third-order valence-electron chi connectivity index (χ3n) is 4.02. The van der Waals surface area contributed by atoms with E-state index in [0.717, 1.165) is 11.3 Å². The fourth-order valence-corrected chi connectivity index (χ4v) is 2.73. The largest absolute Gasteiger partial charge is 0.497 e. The summed E-state index contributed by atoms with van der Waals surface area (Å²) in [6.45, 7) is 5.74. The van der Waals surface area contributed by atoms with Crippen molar-refractivity contribution in [2.24, 2.45) is 5.92 Å². The van der Waals surface area contributed by atoms with Gasteiger partial charge >= 0.3 is 5.97 Å². The average Bonchev–Trinajstić information content (AvgIpc) is 2.92. The molecule has 1 amide bonds. The van der Waals surface area contributed by atoms with Gasteiger partial charge in [-0.05, 0) is 30.5 Å². The molecule has 0 saturated heterocycles. The van der Waals surface area contributed by atoms with Crippen molar-refractivity contribution in [1.82, 2.24) is 5.32 Å². The van der Waals surface area contributed by atoms with Crippen LogP contribution in [0.4, 0.5) is 0 Å². The molecule has 25 heavy (non-hydrogen) atoms. The van der Waals surface area contributed by atoms with Crippen LogP contribution in [-0.2, 0) is 11.2 Å². The quantitative estimate of drug-likeness (QED) is 0.803. The second-order valence-corrected chi connectivity index (χ2v) is 6.26. The lowest BCUT2D eigenvalue weighted by Crippen LogP contribution is -2.32. The van der Waals surface area contributed by atoms with Crippen LogP contribution in [0, 0.1) is 12.8 Å². The molecule has 1 atom stereocenters. The predicted octanol–water partition coefficient (Wildman–Crippen LogP) is 3.35. The highest BCUT2D eigenvalue weighted by Crippen LogP contribution is 2.26. The van der Waals surface area contributed by atoms with Crippen LogP contribution in [-0.4, -0.2) is 24.1 Å². The van der Waals surface area contributed by atoms with Gasteiger partial charge in [0.25, 0.3) is 5.91 Å². The summed E-state index contributed by atoms with van der Waals surface area (Å²) < 4.78 is 10.4. The Morgan fingerprint density at radius 1 is 1.24 bits per heavy atom. The van der Waals surface area contributed by atoms with Gasteiger partial charge in [0.15, 0.2) is 0 Å². The molecule has 0 aliphatic heterocycles. The van der Waals surface area contributed by atoms with E-state index >= 15 is 0 Å². The Bertz CT molecular complexity index is 746. The summed E-state index contributed by atoms with van der Waals surface area (Å²) in [5, 5.41) is 12.0. The SMILES string of the molecule is COc1ccc(C(NC(=O)c2c(C)coc2CC(=O)O)C(C)C)cc1. The third kappa shape index (κ3) is 4.41. The number of carboxylic acid groups (broad SMARTS) is 1. The summed E-state index contributed by atoms with van der Waals surface area (Å²) in [4.78, 5) is 23.7. The van der Waals surface area contributed by atoms with Crippen LogP contribution in [0.15, 0.2) is 34.9 Å². The first kappa shape index (κ1) is 18.6. The van der Waals surface area contributed by atoms with E-state index in [9.17, 15) is 9.59 Å². The van der Waals surface area contributed by atoms with Crippen LogP contribution in [0.2, 0.25) is 0 Å². The Morgan fingerprint density at radius 2 is 1.88 bits per heavy atom. The third-order valence-corrected chi connectivity index (χ3v) is 4.02. The number of carbonyl (C=O) groups is 2. The Labute approximate surface area is 146 Å². The monoisotopic (exact) mass is 345 g/mol. The van der Waals surface area contributed by atoms with E-state index in [4.69, 9.17) is 14.3 Å². The number of ether oxygens (including phenoxy) is 1. The Balaban J connectivity index is 2.26. The summed E-state index contributed by atoms with van der Waals surface area (Å²) in [6.07, 6.45) is 1.08. The van der Waals surface area contributed by atoms with Crippen molar-refractivity contribution in [1.29, 1.82) is 0 Å². The first-order valence-corrected chi connectivity index (χ1v) is 8.07. The van der Waals surface area contributed by atoms with Crippen LogP contribution >= 0.6 is 0 Å². The van der Waals surface area contributed by atoms with Crippen LogP contribution in [0.5, 0.6) is 5.75 Å². The maximum Gasteiger partial charge on any atom is 0.311 e. The summed E-state index contributed by atoms with van der Waals surface area (Å²) in [6, 6.07) is 7.28. The highest BCUT2D eigenvalue weighted by atomic mass is 16.5. The zero-order valence-electron chi connectivity index (χ0n) is 14.8. The minimum atomic E-state index is -1.04. The zero-order valence-corrected chi connectivity index (χ0v) is 14.8.